The summed E-state index contributed by atoms with van der Waals surface area (Å²) in [5.74, 6) is 0.280. The SMILES string of the molecule is Cc1ccc2nc(CN(Cc3ccccc3)C(CO)C(C)C)cc(=O)n2c1. The van der Waals surface area contributed by atoms with Crippen LogP contribution in [0.5, 0.6) is 0 Å². The molecule has 1 atom stereocenters. The molecule has 1 aromatic carbocycles. The van der Waals surface area contributed by atoms with Crippen LogP contribution in [0.15, 0.2) is 59.5 Å². The summed E-state index contributed by atoms with van der Waals surface area (Å²) in [5.41, 5.74) is 3.48. The summed E-state index contributed by atoms with van der Waals surface area (Å²) in [5, 5.41) is 9.95. The van der Waals surface area contributed by atoms with Gasteiger partial charge in [0.1, 0.15) is 5.65 Å². The van der Waals surface area contributed by atoms with E-state index in [9.17, 15) is 9.90 Å². The molecule has 0 fully saturated rings. The average Bonchev–Trinajstić information content (AvgIpc) is 2.63. The van der Waals surface area contributed by atoms with Crippen LogP contribution in [0, 0.1) is 12.8 Å². The van der Waals surface area contributed by atoms with Crippen LogP contribution < -0.4 is 5.56 Å². The molecule has 0 bridgehead atoms. The second kappa shape index (κ2) is 8.46. The van der Waals surface area contributed by atoms with Crippen molar-refractivity contribution in [2.75, 3.05) is 6.61 Å². The molecule has 1 unspecified atom stereocenters. The highest BCUT2D eigenvalue weighted by molar-refractivity contribution is 5.40. The van der Waals surface area contributed by atoms with Crippen molar-refractivity contribution >= 4 is 5.65 Å². The fraction of sp³-hybridized carbons (Fsp3) is 0.364. The summed E-state index contributed by atoms with van der Waals surface area (Å²) in [6.07, 6.45) is 1.81. The number of aromatic nitrogens is 2. The van der Waals surface area contributed by atoms with Gasteiger partial charge in [-0.05, 0) is 30.0 Å². The lowest BCUT2D eigenvalue weighted by Crippen LogP contribution is -2.41. The summed E-state index contributed by atoms with van der Waals surface area (Å²) in [6.45, 7) is 7.43. The molecule has 3 aromatic rings. The van der Waals surface area contributed by atoms with Gasteiger partial charge in [-0.25, -0.2) is 4.98 Å². The molecule has 1 N–H and O–H groups in total. The second-order valence-electron chi connectivity index (χ2n) is 7.40. The third kappa shape index (κ3) is 4.62. The topological polar surface area (TPSA) is 57.8 Å². The molecule has 3 rings (SSSR count). The molecule has 0 saturated heterocycles. The van der Waals surface area contributed by atoms with Crippen LogP contribution in [-0.2, 0) is 13.1 Å². The number of aryl methyl sites for hydroxylation is 1. The van der Waals surface area contributed by atoms with Crippen molar-refractivity contribution in [3.05, 3.63) is 81.9 Å². The molecule has 0 radical (unpaired) electrons. The highest BCUT2D eigenvalue weighted by Gasteiger charge is 2.22. The Balaban J connectivity index is 1.94. The molecule has 27 heavy (non-hydrogen) atoms. The molecule has 0 aliphatic heterocycles. The summed E-state index contributed by atoms with van der Waals surface area (Å²) in [7, 11) is 0. The van der Waals surface area contributed by atoms with Crippen molar-refractivity contribution in [3.63, 3.8) is 0 Å². The number of nitrogens with zero attached hydrogens (tertiary/aromatic N) is 3. The van der Waals surface area contributed by atoms with Crippen molar-refractivity contribution in [2.24, 2.45) is 5.92 Å². The minimum Gasteiger partial charge on any atom is -0.395 e. The van der Waals surface area contributed by atoms with Crippen molar-refractivity contribution in [3.8, 4) is 0 Å². The van der Waals surface area contributed by atoms with Crippen LogP contribution >= 0.6 is 0 Å². The monoisotopic (exact) mass is 365 g/mol. The molecule has 5 nitrogen and oxygen atoms in total. The Morgan fingerprint density at radius 2 is 1.85 bits per heavy atom. The fourth-order valence-electron chi connectivity index (χ4n) is 3.40. The Labute approximate surface area is 159 Å². The third-order valence-electron chi connectivity index (χ3n) is 4.88. The van der Waals surface area contributed by atoms with E-state index in [1.807, 2.05) is 37.3 Å². The highest BCUT2D eigenvalue weighted by Crippen LogP contribution is 2.17. The summed E-state index contributed by atoms with van der Waals surface area (Å²) in [4.78, 5) is 19.4. The van der Waals surface area contributed by atoms with Crippen LogP contribution in [0.1, 0.15) is 30.7 Å². The number of rotatable bonds is 7. The van der Waals surface area contributed by atoms with E-state index in [1.165, 1.54) is 5.56 Å². The number of aliphatic hydroxyl groups excluding tert-OH is 1. The van der Waals surface area contributed by atoms with Crippen LogP contribution in [0.25, 0.3) is 5.65 Å². The lowest BCUT2D eigenvalue weighted by Gasteiger charge is -2.33. The van der Waals surface area contributed by atoms with E-state index in [2.05, 4.69) is 35.9 Å². The normalized spacial score (nSPS) is 12.8. The standard InChI is InChI=1S/C22H27N3O2/c1-16(2)20(15-26)24(13-18-7-5-4-6-8-18)14-19-11-22(27)25-12-17(3)9-10-21(25)23-19/h4-12,16,20,26H,13-15H2,1-3H3. The van der Waals surface area contributed by atoms with Crippen LogP contribution in [0.4, 0.5) is 0 Å². The van der Waals surface area contributed by atoms with Gasteiger partial charge < -0.3 is 5.11 Å². The molecule has 5 heteroatoms. The Bertz CT molecular complexity index is 951. The molecule has 0 aliphatic rings. The van der Waals surface area contributed by atoms with Gasteiger partial charge in [0.15, 0.2) is 0 Å². The number of hydrogen-bond donors (Lipinski definition) is 1. The van der Waals surface area contributed by atoms with Gasteiger partial charge in [-0.3, -0.25) is 14.1 Å². The number of hydrogen-bond acceptors (Lipinski definition) is 4. The molecule has 2 aromatic heterocycles. The van der Waals surface area contributed by atoms with E-state index in [4.69, 9.17) is 0 Å². The molecule has 0 saturated carbocycles. The van der Waals surface area contributed by atoms with Crippen LogP contribution in [0.3, 0.4) is 0 Å². The minimum absolute atomic E-state index is 0.0107. The predicted octanol–water partition coefficient (Wildman–Crippen LogP) is 3.02. The maximum Gasteiger partial charge on any atom is 0.258 e. The third-order valence-corrected chi connectivity index (χ3v) is 4.88. The van der Waals surface area contributed by atoms with E-state index in [0.717, 1.165) is 11.3 Å². The molecule has 0 amide bonds. The first kappa shape index (κ1) is 19.3. The molecular formula is C22H27N3O2. The largest absolute Gasteiger partial charge is 0.395 e. The Morgan fingerprint density at radius 1 is 1.11 bits per heavy atom. The van der Waals surface area contributed by atoms with Gasteiger partial charge >= 0.3 is 0 Å². The summed E-state index contributed by atoms with van der Waals surface area (Å²) < 4.78 is 1.58. The number of fused-ring (bicyclic) bond motifs is 1. The Kier molecular flexibility index (Phi) is 6.04. The van der Waals surface area contributed by atoms with E-state index < -0.39 is 0 Å². The number of aliphatic hydroxyl groups is 1. The van der Waals surface area contributed by atoms with Gasteiger partial charge in [0, 0.05) is 31.4 Å². The van der Waals surface area contributed by atoms with E-state index in [1.54, 1.807) is 16.7 Å². The molecule has 2 heterocycles. The average molecular weight is 365 g/mol. The summed E-state index contributed by atoms with van der Waals surface area (Å²) in [6, 6.07) is 15.6. The maximum absolute atomic E-state index is 12.5. The smallest absolute Gasteiger partial charge is 0.258 e. The van der Waals surface area contributed by atoms with Crippen LogP contribution in [0.2, 0.25) is 0 Å². The first-order valence-electron chi connectivity index (χ1n) is 9.35. The van der Waals surface area contributed by atoms with Gasteiger partial charge in [0.25, 0.3) is 5.56 Å². The Hall–Kier alpha value is -2.50. The zero-order valence-electron chi connectivity index (χ0n) is 16.2. The van der Waals surface area contributed by atoms with Crippen molar-refractivity contribution < 1.29 is 5.11 Å². The Morgan fingerprint density at radius 3 is 2.52 bits per heavy atom. The van der Waals surface area contributed by atoms with E-state index in [-0.39, 0.29) is 24.1 Å². The van der Waals surface area contributed by atoms with Gasteiger partial charge in [0.05, 0.1) is 12.3 Å². The second-order valence-corrected chi connectivity index (χ2v) is 7.40. The van der Waals surface area contributed by atoms with Gasteiger partial charge in [-0.2, -0.15) is 0 Å². The lowest BCUT2D eigenvalue weighted by atomic mass is 10.0. The molecular weight excluding hydrogens is 338 g/mol. The zero-order valence-corrected chi connectivity index (χ0v) is 16.2. The lowest BCUT2D eigenvalue weighted by molar-refractivity contribution is 0.0774. The molecule has 0 spiro atoms. The fourth-order valence-corrected chi connectivity index (χ4v) is 3.40. The van der Waals surface area contributed by atoms with Crippen molar-refractivity contribution in [1.82, 2.24) is 14.3 Å². The van der Waals surface area contributed by atoms with Gasteiger partial charge in [-0.15, -0.1) is 0 Å². The van der Waals surface area contributed by atoms with E-state index in [0.29, 0.717) is 18.7 Å². The quantitative estimate of drug-likeness (QED) is 0.699. The maximum atomic E-state index is 12.5. The molecule has 0 aliphatic carbocycles. The first-order chi connectivity index (χ1) is 13.0. The number of benzene rings is 1. The molecule has 142 valence electrons. The van der Waals surface area contributed by atoms with Gasteiger partial charge in [0.2, 0.25) is 0 Å². The van der Waals surface area contributed by atoms with Crippen LogP contribution in [-0.4, -0.2) is 32.0 Å². The highest BCUT2D eigenvalue weighted by atomic mass is 16.3. The minimum atomic E-state index is -0.0801. The first-order valence-corrected chi connectivity index (χ1v) is 9.35. The predicted molar refractivity (Wildman–Crippen MR) is 108 cm³/mol. The number of pyridine rings is 1. The van der Waals surface area contributed by atoms with E-state index >= 15 is 0 Å². The van der Waals surface area contributed by atoms with Gasteiger partial charge in [-0.1, -0.05) is 50.2 Å². The van der Waals surface area contributed by atoms with Crippen molar-refractivity contribution in [1.29, 1.82) is 0 Å². The summed E-state index contributed by atoms with van der Waals surface area (Å²) >= 11 is 0. The van der Waals surface area contributed by atoms with Crippen molar-refractivity contribution in [2.45, 2.75) is 39.9 Å². The zero-order chi connectivity index (χ0) is 19.4.